The minimum atomic E-state index is -3.27. The summed E-state index contributed by atoms with van der Waals surface area (Å²) >= 11 is 0. The molecule has 0 amide bonds. The van der Waals surface area contributed by atoms with E-state index in [4.69, 9.17) is 0 Å². The zero-order chi connectivity index (χ0) is 9.47. The first kappa shape index (κ1) is 8.18. The number of aromatic nitrogens is 3. The molecule has 5 nitrogen and oxygen atoms in total. The zero-order valence-corrected chi connectivity index (χ0v) is 7.67. The molecule has 68 valence electrons. The van der Waals surface area contributed by atoms with Gasteiger partial charge in [0.25, 0.3) is 0 Å². The predicted octanol–water partition coefficient (Wildman–Crippen LogP) is 0.361. The van der Waals surface area contributed by atoms with Gasteiger partial charge < -0.3 is 0 Å². The maximum Gasteiger partial charge on any atom is 0.195 e. The van der Waals surface area contributed by atoms with Crippen LogP contribution in [-0.4, -0.2) is 29.9 Å². The Kier molecular flexibility index (Phi) is 1.59. The lowest BCUT2D eigenvalue weighted by Gasteiger charge is -1.90. The van der Waals surface area contributed by atoms with Crippen molar-refractivity contribution in [3.63, 3.8) is 0 Å². The van der Waals surface area contributed by atoms with Crippen molar-refractivity contribution < 1.29 is 8.42 Å². The maximum atomic E-state index is 11.2. The molecule has 2 rings (SSSR count). The van der Waals surface area contributed by atoms with E-state index in [9.17, 15) is 8.42 Å². The molecular weight excluding hydrogens is 190 g/mol. The molecule has 2 aromatic heterocycles. The third kappa shape index (κ3) is 1.29. The van der Waals surface area contributed by atoms with E-state index in [1.54, 1.807) is 18.3 Å². The van der Waals surface area contributed by atoms with Gasteiger partial charge in [0, 0.05) is 12.5 Å². The van der Waals surface area contributed by atoms with Gasteiger partial charge in [-0.2, -0.15) is 5.10 Å². The van der Waals surface area contributed by atoms with Crippen LogP contribution in [0.3, 0.4) is 0 Å². The highest BCUT2D eigenvalue weighted by Gasteiger charge is 2.15. The van der Waals surface area contributed by atoms with E-state index in [2.05, 4.69) is 15.2 Å². The molecule has 2 aromatic rings. The van der Waals surface area contributed by atoms with Gasteiger partial charge in [-0.1, -0.05) is 0 Å². The highest BCUT2D eigenvalue weighted by atomic mass is 32.2. The Morgan fingerprint density at radius 1 is 1.46 bits per heavy atom. The number of sulfone groups is 1. The fourth-order valence-electron chi connectivity index (χ4n) is 1.11. The highest BCUT2D eigenvalue weighted by molar-refractivity contribution is 7.90. The third-order valence-electron chi connectivity index (χ3n) is 1.65. The molecule has 0 saturated heterocycles. The van der Waals surface area contributed by atoms with Crippen LogP contribution in [0.15, 0.2) is 23.4 Å². The minimum Gasteiger partial charge on any atom is -0.259 e. The maximum absolute atomic E-state index is 11.2. The number of hydrogen-bond donors (Lipinski definition) is 1. The van der Waals surface area contributed by atoms with Gasteiger partial charge in [-0.3, -0.25) is 5.10 Å². The van der Waals surface area contributed by atoms with Crippen LogP contribution in [0.4, 0.5) is 0 Å². The molecule has 0 saturated carbocycles. The SMILES string of the molecule is CS(=O)(=O)c1n[nH]c2ncccc12. The minimum absolute atomic E-state index is 0.0515. The summed E-state index contributed by atoms with van der Waals surface area (Å²) in [5.41, 5.74) is 0.489. The molecule has 0 bridgehead atoms. The normalized spacial score (nSPS) is 12.1. The van der Waals surface area contributed by atoms with Crippen molar-refractivity contribution in [1.82, 2.24) is 15.2 Å². The molecule has 0 spiro atoms. The molecule has 13 heavy (non-hydrogen) atoms. The lowest BCUT2D eigenvalue weighted by Crippen LogP contribution is -1.97. The average molecular weight is 197 g/mol. The number of rotatable bonds is 1. The molecule has 0 aromatic carbocycles. The van der Waals surface area contributed by atoms with Crippen molar-refractivity contribution in [2.24, 2.45) is 0 Å². The zero-order valence-electron chi connectivity index (χ0n) is 6.85. The Hall–Kier alpha value is -1.43. The quantitative estimate of drug-likeness (QED) is 0.716. The monoisotopic (exact) mass is 197 g/mol. The smallest absolute Gasteiger partial charge is 0.195 e. The molecule has 2 heterocycles. The third-order valence-corrected chi connectivity index (χ3v) is 2.67. The first-order valence-corrected chi connectivity index (χ1v) is 5.47. The second kappa shape index (κ2) is 2.53. The van der Waals surface area contributed by atoms with Crippen LogP contribution in [-0.2, 0) is 9.84 Å². The first-order chi connectivity index (χ1) is 6.09. The Morgan fingerprint density at radius 2 is 2.23 bits per heavy atom. The van der Waals surface area contributed by atoms with Gasteiger partial charge in [-0.05, 0) is 12.1 Å². The summed E-state index contributed by atoms with van der Waals surface area (Å²) in [5.74, 6) is 0. The molecule has 0 aliphatic rings. The Morgan fingerprint density at radius 3 is 2.92 bits per heavy atom. The summed E-state index contributed by atoms with van der Waals surface area (Å²) in [6.45, 7) is 0. The van der Waals surface area contributed by atoms with Crippen LogP contribution in [0.5, 0.6) is 0 Å². The summed E-state index contributed by atoms with van der Waals surface area (Å²) in [7, 11) is -3.27. The van der Waals surface area contributed by atoms with Gasteiger partial charge in [-0.15, -0.1) is 0 Å². The number of hydrogen-bond acceptors (Lipinski definition) is 4. The number of fused-ring (bicyclic) bond motifs is 1. The second-order valence-corrected chi connectivity index (χ2v) is 4.63. The van der Waals surface area contributed by atoms with Crippen molar-refractivity contribution in [1.29, 1.82) is 0 Å². The molecular formula is C7H7N3O2S. The molecule has 0 aliphatic carbocycles. The summed E-state index contributed by atoms with van der Waals surface area (Å²) in [6, 6.07) is 3.34. The van der Waals surface area contributed by atoms with Gasteiger partial charge in [0.2, 0.25) is 0 Å². The summed E-state index contributed by atoms with van der Waals surface area (Å²) in [6.07, 6.45) is 2.70. The summed E-state index contributed by atoms with van der Waals surface area (Å²) in [4.78, 5) is 3.93. The van der Waals surface area contributed by atoms with E-state index in [1.807, 2.05) is 0 Å². The van der Waals surface area contributed by atoms with E-state index in [-0.39, 0.29) is 5.03 Å². The fraction of sp³-hybridized carbons (Fsp3) is 0.143. The highest BCUT2D eigenvalue weighted by Crippen LogP contribution is 2.16. The summed E-state index contributed by atoms with van der Waals surface area (Å²) < 4.78 is 22.4. The van der Waals surface area contributed by atoms with Crippen LogP contribution in [0.2, 0.25) is 0 Å². The molecule has 1 N–H and O–H groups in total. The van der Waals surface area contributed by atoms with E-state index in [1.165, 1.54) is 0 Å². The number of aromatic amines is 1. The van der Waals surface area contributed by atoms with E-state index >= 15 is 0 Å². The van der Waals surface area contributed by atoms with Crippen LogP contribution < -0.4 is 0 Å². The Labute approximate surface area is 74.7 Å². The van der Waals surface area contributed by atoms with Gasteiger partial charge in [0.15, 0.2) is 20.5 Å². The Bertz CT molecular complexity index is 544. The van der Waals surface area contributed by atoms with Crippen molar-refractivity contribution >= 4 is 20.9 Å². The first-order valence-electron chi connectivity index (χ1n) is 3.58. The Balaban J connectivity index is 2.87. The second-order valence-electron chi connectivity index (χ2n) is 2.70. The van der Waals surface area contributed by atoms with Crippen LogP contribution >= 0.6 is 0 Å². The number of H-pyrrole nitrogens is 1. The van der Waals surface area contributed by atoms with Crippen molar-refractivity contribution in [3.8, 4) is 0 Å². The van der Waals surface area contributed by atoms with Crippen LogP contribution in [0.1, 0.15) is 0 Å². The lowest BCUT2D eigenvalue weighted by atomic mass is 10.4. The molecule has 0 fully saturated rings. The number of pyridine rings is 1. The standard InChI is InChI=1S/C7H7N3O2S/c1-13(11,12)7-5-3-2-4-8-6(5)9-10-7/h2-4H,1H3,(H,8,9,10). The molecule has 6 heteroatoms. The number of nitrogens with zero attached hydrogens (tertiary/aromatic N) is 2. The lowest BCUT2D eigenvalue weighted by molar-refractivity contribution is 0.598. The van der Waals surface area contributed by atoms with Gasteiger partial charge in [0.05, 0.1) is 5.39 Å². The van der Waals surface area contributed by atoms with Crippen molar-refractivity contribution in [2.45, 2.75) is 5.03 Å². The van der Waals surface area contributed by atoms with E-state index in [0.29, 0.717) is 11.0 Å². The van der Waals surface area contributed by atoms with Crippen LogP contribution in [0, 0.1) is 0 Å². The average Bonchev–Trinajstić information content (AvgIpc) is 2.45. The van der Waals surface area contributed by atoms with Crippen LogP contribution in [0.25, 0.3) is 11.0 Å². The predicted molar refractivity (Wildman–Crippen MR) is 47.0 cm³/mol. The molecule has 0 atom stereocenters. The van der Waals surface area contributed by atoms with Crippen molar-refractivity contribution in [3.05, 3.63) is 18.3 Å². The van der Waals surface area contributed by atoms with E-state index < -0.39 is 9.84 Å². The molecule has 0 aliphatic heterocycles. The van der Waals surface area contributed by atoms with Gasteiger partial charge >= 0.3 is 0 Å². The van der Waals surface area contributed by atoms with Crippen molar-refractivity contribution in [2.75, 3.05) is 6.26 Å². The fourth-order valence-corrected chi connectivity index (χ4v) is 1.89. The van der Waals surface area contributed by atoms with Gasteiger partial charge in [-0.25, -0.2) is 13.4 Å². The topological polar surface area (TPSA) is 75.7 Å². The molecule has 0 unspecified atom stereocenters. The van der Waals surface area contributed by atoms with Gasteiger partial charge in [0.1, 0.15) is 0 Å². The number of nitrogens with one attached hydrogen (secondary N) is 1. The summed E-state index contributed by atoms with van der Waals surface area (Å²) in [5, 5.41) is 6.83. The van der Waals surface area contributed by atoms with E-state index in [0.717, 1.165) is 6.26 Å². The molecule has 0 radical (unpaired) electrons. The largest absolute Gasteiger partial charge is 0.259 e.